The fraction of sp³-hybridized carbons (Fsp3) is 0.368. The van der Waals surface area contributed by atoms with Gasteiger partial charge in [-0.05, 0) is 177 Å². The zero-order chi connectivity index (χ0) is 85.8. The highest BCUT2D eigenvalue weighted by atomic mass is 16.5. The van der Waals surface area contributed by atoms with Crippen LogP contribution >= 0.6 is 0 Å². The summed E-state index contributed by atoms with van der Waals surface area (Å²) in [5.41, 5.74) is 30.8. The molecule has 3 amide bonds. The van der Waals surface area contributed by atoms with Crippen LogP contribution in [0.2, 0.25) is 0 Å². The van der Waals surface area contributed by atoms with E-state index in [4.69, 9.17) is 48.7 Å². The number of imidazole rings is 3. The van der Waals surface area contributed by atoms with Crippen molar-refractivity contribution < 1.29 is 33.5 Å². The van der Waals surface area contributed by atoms with E-state index < -0.39 is 11.5 Å². The van der Waals surface area contributed by atoms with E-state index in [-0.39, 0.29) is 93.6 Å². The summed E-state index contributed by atoms with van der Waals surface area (Å²) in [6.45, 7) is 16.2. The second-order valence-corrected chi connectivity index (χ2v) is 35.1. The van der Waals surface area contributed by atoms with Crippen molar-refractivity contribution >= 4 is 69.1 Å². The zero-order valence-electron chi connectivity index (χ0n) is 69.2. The lowest BCUT2D eigenvalue weighted by atomic mass is 9.83. The zero-order valence-corrected chi connectivity index (χ0v) is 69.2. The number of amides is 3. The highest BCUT2D eigenvalue weighted by Gasteiger charge is 2.62. The number of fused-ring (bicyclic) bond motifs is 9. The molecule has 1 aliphatic heterocycles. The summed E-state index contributed by atoms with van der Waals surface area (Å²) in [7, 11) is 0. The van der Waals surface area contributed by atoms with E-state index in [2.05, 4.69) is 55.1 Å². The van der Waals surface area contributed by atoms with E-state index in [9.17, 15) is 34.0 Å². The third-order valence-corrected chi connectivity index (χ3v) is 27.0. The van der Waals surface area contributed by atoms with Crippen LogP contribution in [-0.4, -0.2) is 128 Å². The number of ether oxygens (including phenoxy) is 1. The molecular formula is C95H95N21O7. The highest BCUT2D eigenvalue weighted by Crippen LogP contribution is 2.61. The van der Waals surface area contributed by atoms with Gasteiger partial charge in [-0.25, -0.2) is 36.5 Å². The summed E-state index contributed by atoms with van der Waals surface area (Å²) >= 11 is 0. The SMILES string of the molecule is Cc1ccnc(CC(=O)c2ccc(-c3nc(C45CCC(NC(=O)C(C)C#N)(CC4)C5)n4ccnc(N)c34)cc2)c1.Cc1ccnc(CC(=O)c2ccc(-c3nc(C45CCC(NC(=O)CC#N)(CC4)C5)n4ccnc(N)c34)cc2)c1.[C-]#[N+]C1(C(=O)NC23CCC(c4nc(-c5ccc(C(=O)Cc6cc(C)ccn6)cc5)c5c(N)nccn45)(CC2)C3)CCOCC1. The van der Waals surface area contributed by atoms with Gasteiger partial charge < -0.3 is 37.9 Å². The first kappa shape index (κ1) is 81.6. The molecule has 12 aromatic rings. The molecule has 1 saturated heterocycles. The van der Waals surface area contributed by atoms with Gasteiger partial charge in [-0.15, -0.1) is 0 Å². The molecule has 123 heavy (non-hydrogen) atoms. The van der Waals surface area contributed by atoms with E-state index in [1.165, 1.54) is 0 Å². The number of aromatic nitrogens is 12. The van der Waals surface area contributed by atoms with E-state index in [1.807, 2.05) is 169 Å². The van der Waals surface area contributed by atoms with E-state index in [0.29, 0.717) is 60.2 Å². The number of ketones is 3. The smallest absolute Gasteiger partial charge is 0.313 e. The van der Waals surface area contributed by atoms with Crippen molar-refractivity contribution in [2.45, 2.75) is 201 Å². The molecule has 19 rings (SSSR count). The lowest BCUT2D eigenvalue weighted by Gasteiger charge is -2.32. The van der Waals surface area contributed by atoms with Crippen molar-refractivity contribution in [3.8, 4) is 45.9 Å². The molecule has 1 atom stereocenters. The van der Waals surface area contributed by atoms with Gasteiger partial charge in [0.05, 0.1) is 57.5 Å². The number of nitrogens with two attached hydrogens (primary N) is 3. The standard InChI is InChI=1S/C34H35N7O3.C31H31N7O2.C30H29N7O2/c1-22-7-14-37-25(19-22)20-26(42)23-3-5-24(6-4-23)27-28-29(35)38-15-16-41(28)30(39-27)32-8-10-33(21-32,11-9-32)40-31(43)34(36-2)12-17-44-18-13-34;1-19-7-12-34-23(15-19)16-24(39)21-3-5-22(6-4-21)25-26-27(33)35-13-14-38(26)29(36-25)30-8-10-31(18-30,11-9-30)37-28(40)20(2)17-32;1-19-7-13-33-22(16-19)17-23(38)20-2-4-21(5-3-20)25-26-27(32)34-14-15-37(26)28(35-25)29-8-10-30(18-29,11-9-29)36-24(39)6-12-31/h3-7,14-16,19H,8-13,17-18,20-21H2,1H3,(H2,35,38)(H,40,43);3-7,12-15,20H,8-11,16,18H2,1-2H3,(H2,33,35)(H,37,40);2-5,7,13-16H,6,8-11,17-18H2,1H3,(H2,32,34)(H,36,39). The van der Waals surface area contributed by atoms with Gasteiger partial charge in [0.25, 0.3) is 0 Å². The molecule has 0 radical (unpaired) electrons. The molecule has 9 aromatic heterocycles. The number of hydrogen-bond acceptors (Lipinski definition) is 21. The largest absolute Gasteiger partial charge is 0.382 e. The third-order valence-electron chi connectivity index (χ3n) is 27.0. The Morgan fingerprint density at radius 2 is 0.797 bits per heavy atom. The summed E-state index contributed by atoms with van der Waals surface area (Å²) < 4.78 is 11.6. The maximum Gasteiger partial charge on any atom is 0.313 e. The van der Waals surface area contributed by atoms with Crippen LogP contribution < -0.4 is 33.2 Å². The van der Waals surface area contributed by atoms with Crippen LogP contribution in [0, 0.1) is 55.9 Å². The minimum Gasteiger partial charge on any atom is -0.382 e. The molecule has 28 heteroatoms. The number of nitrogen functional groups attached to an aromatic ring is 3. The van der Waals surface area contributed by atoms with Gasteiger partial charge >= 0.3 is 11.4 Å². The van der Waals surface area contributed by atoms with Crippen LogP contribution in [0.5, 0.6) is 0 Å². The Bertz CT molecular complexity index is 6330. The molecule has 7 aliphatic rings. The molecule has 10 heterocycles. The van der Waals surface area contributed by atoms with Crippen molar-refractivity contribution in [2.24, 2.45) is 5.92 Å². The minimum atomic E-state index is -1.04. The van der Waals surface area contributed by atoms with Gasteiger partial charge in [0.2, 0.25) is 11.8 Å². The van der Waals surface area contributed by atoms with Gasteiger partial charge in [0.1, 0.15) is 80.9 Å². The third kappa shape index (κ3) is 15.4. The Morgan fingerprint density at radius 1 is 0.463 bits per heavy atom. The molecule has 1 unspecified atom stereocenters. The molecule has 0 spiro atoms. The Hall–Kier alpha value is -13.8. The average molecular weight is 1640 g/mol. The summed E-state index contributed by atoms with van der Waals surface area (Å²) in [5.74, 6) is 2.64. The van der Waals surface area contributed by atoms with Crippen molar-refractivity contribution in [1.82, 2.24) is 74.0 Å². The van der Waals surface area contributed by atoms with Gasteiger partial charge in [0, 0.05) is 139 Å². The molecular weight excluding hydrogens is 1550 g/mol. The number of benzene rings is 3. The Kier molecular flexibility index (Phi) is 21.4. The van der Waals surface area contributed by atoms with Gasteiger partial charge in [-0.2, -0.15) is 10.5 Å². The van der Waals surface area contributed by atoms with Crippen LogP contribution in [0.4, 0.5) is 17.5 Å². The molecule has 6 saturated carbocycles. The quantitative estimate of drug-likeness (QED) is 0.0287. The van der Waals surface area contributed by atoms with Crippen LogP contribution in [0.3, 0.4) is 0 Å². The van der Waals surface area contributed by atoms with Crippen molar-refractivity contribution in [3.63, 3.8) is 0 Å². The molecule has 28 nitrogen and oxygen atoms in total. The van der Waals surface area contributed by atoms with E-state index >= 15 is 0 Å². The highest BCUT2D eigenvalue weighted by molar-refractivity contribution is 6.00. The number of nitrogens with one attached hydrogen (secondary N) is 3. The average Bonchev–Trinajstić information content (AvgIpc) is 1.56. The molecule has 7 fully saturated rings. The summed E-state index contributed by atoms with van der Waals surface area (Å²) in [6, 6.07) is 37.9. The molecule has 622 valence electrons. The van der Waals surface area contributed by atoms with E-state index in [1.54, 1.807) is 44.1 Å². The maximum absolute atomic E-state index is 13.5. The number of nitrogens with zero attached hydrogens (tertiary/aromatic N) is 15. The first-order valence-electron chi connectivity index (χ1n) is 42.0. The first-order chi connectivity index (χ1) is 59.3. The van der Waals surface area contributed by atoms with Crippen LogP contribution in [0.15, 0.2) is 165 Å². The Labute approximate surface area is 710 Å². The number of rotatable bonds is 21. The molecule has 3 aromatic carbocycles. The fourth-order valence-electron chi connectivity index (χ4n) is 20.6. The number of pyridine rings is 3. The molecule has 6 aliphatic carbocycles. The predicted octanol–water partition coefficient (Wildman–Crippen LogP) is 13.1. The fourth-order valence-corrected chi connectivity index (χ4v) is 20.6. The second kappa shape index (κ2) is 32.3. The summed E-state index contributed by atoms with van der Waals surface area (Å²) in [4.78, 5) is 123. The van der Waals surface area contributed by atoms with Crippen LogP contribution in [0.1, 0.15) is 205 Å². The van der Waals surface area contributed by atoms with Gasteiger partial charge in [-0.1, -0.05) is 72.8 Å². The first-order valence-corrected chi connectivity index (χ1v) is 42.0. The normalized spacial score (nSPS) is 22.6. The molecule has 6 bridgehead atoms. The Morgan fingerprint density at radius 3 is 1.11 bits per heavy atom. The van der Waals surface area contributed by atoms with E-state index in [0.717, 1.165) is 198 Å². The molecule has 9 N–H and O–H groups in total. The topological polar surface area (TPSA) is 407 Å². The minimum absolute atomic E-state index is 0.00104. The summed E-state index contributed by atoms with van der Waals surface area (Å²) in [5, 5.41) is 27.8. The van der Waals surface area contributed by atoms with Crippen molar-refractivity contribution in [2.75, 3.05) is 30.4 Å². The summed E-state index contributed by atoms with van der Waals surface area (Å²) in [6.07, 6.45) is 30.0. The number of Topliss-reactive ketones (excluding diaryl/α,β-unsaturated/α-hetero) is 3. The Balaban J connectivity index is 0.000000131. The number of anilines is 3. The maximum atomic E-state index is 13.5. The lowest BCUT2D eigenvalue weighted by Crippen LogP contribution is -2.55. The number of carbonyl (C=O) groups excluding carboxylic acids is 6. The van der Waals surface area contributed by atoms with Crippen LogP contribution in [0.25, 0.3) is 55.2 Å². The number of aryl methyl sites for hydroxylation is 3. The second-order valence-electron chi connectivity index (χ2n) is 35.1. The van der Waals surface area contributed by atoms with Gasteiger partial charge in [-0.3, -0.25) is 61.8 Å². The number of nitriles is 2. The lowest BCUT2D eigenvalue weighted by molar-refractivity contribution is -0.130. The van der Waals surface area contributed by atoms with Crippen molar-refractivity contribution in [1.29, 1.82) is 10.5 Å². The van der Waals surface area contributed by atoms with Crippen LogP contribution in [-0.2, 0) is 54.6 Å². The predicted molar refractivity (Wildman–Crippen MR) is 461 cm³/mol. The number of hydrogen-bond donors (Lipinski definition) is 6. The monoisotopic (exact) mass is 1640 g/mol. The number of carbonyl (C=O) groups is 6. The van der Waals surface area contributed by atoms with Crippen molar-refractivity contribution in [3.05, 3.63) is 244 Å². The van der Waals surface area contributed by atoms with Gasteiger partial charge in [0.15, 0.2) is 17.3 Å².